The minimum Gasteiger partial charge on any atom is -0.354 e. The molecule has 0 spiro atoms. The molecule has 2 amide bonds. The number of rotatable bonds is 6. The molecule has 0 atom stereocenters. The van der Waals surface area contributed by atoms with Gasteiger partial charge in [0.15, 0.2) is 0 Å². The third-order valence-corrected chi connectivity index (χ3v) is 6.20. The second kappa shape index (κ2) is 9.33. The Morgan fingerprint density at radius 1 is 1.19 bits per heavy atom. The van der Waals surface area contributed by atoms with E-state index in [4.69, 9.17) is 11.6 Å². The van der Waals surface area contributed by atoms with Crippen LogP contribution in [0.5, 0.6) is 0 Å². The van der Waals surface area contributed by atoms with E-state index in [-0.39, 0.29) is 17.7 Å². The molecule has 2 aromatic rings. The van der Waals surface area contributed by atoms with Crippen LogP contribution in [0.15, 0.2) is 24.3 Å². The highest BCUT2D eigenvalue weighted by Gasteiger charge is 2.21. The van der Waals surface area contributed by atoms with E-state index in [1.54, 1.807) is 6.07 Å². The van der Waals surface area contributed by atoms with E-state index in [0.29, 0.717) is 28.7 Å². The molecule has 0 bridgehead atoms. The summed E-state index contributed by atoms with van der Waals surface area (Å²) < 4.78 is 0. The lowest BCUT2D eigenvalue weighted by Gasteiger charge is -2.20. The number of benzene rings is 1. The van der Waals surface area contributed by atoms with Crippen LogP contribution in [0.3, 0.4) is 0 Å². The van der Waals surface area contributed by atoms with Crippen molar-refractivity contribution in [1.29, 1.82) is 0 Å². The fraction of sp³-hybridized carbons (Fsp3) is 0.450. The van der Waals surface area contributed by atoms with Crippen LogP contribution < -0.4 is 10.6 Å². The van der Waals surface area contributed by atoms with Gasteiger partial charge < -0.3 is 10.6 Å². The van der Waals surface area contributed by atoms with Crippen molar-refractivity contribution in [2.75, 3.05) is 13.1 Å². The molecular weight excluding hydrogens is 382 g/mol. The fourth-order valence-corrected chi connectivity index (χ4v) is 4.47. The predicted molar refractivity (Wildman–Crippen MR) is 109 cm³/mol. The van der Waals surface area contributed by atoms with Crippen molar-refractivity contribution in [3.05, 3.63) is 39.9 Å². The Hall–Kier alpha value is -1.92. The first kappa shape index (κ1) is 19.8. The molecule has 5 nitrogen and oxygen atoms in total. The first-order valence-electron chi connectivity index (χ1n) is 9.34. The summed E-state index contributed by atoms with van der Waals surface area (Å²) in [7, 11) is 0. The third kappa shape index (κ3) is 5.30. The maximum Gasteiger partial charge on any atom is 0.263 e. The summed E-state index contributed by atoms with van der Waals surface area (Å²) in [5, 5.41) is 7.20. The Morgan fingerprint density at radius 2 is 1.93 bits per heavy atom. The van der Waals surface area contributed by atoms with Gasteiger partial charge in [0.1, 0.15) is 9.88 Å². The number of nitrogens with one attached hydrogen (secondary N) is 2. The van der Waals surface area contributed by atoms with Gasteiger partial charge in [0.2, 0.25) is 5.91 Å². The molecule has 7 heteroatoms. The Morgan fingerprint density at radius 3 is 2.67 bits per heavy atom. The normalized spacial score (nSPS) is 14.7. The van der Waals surface area contributed by atoms with E-state index in [1.807, 2.05) is 25.1 Å². The van der Waals surface area contributed by atoms with Crippen LogP contribution >= 0.6 is 22.9 Å². The topological polar surface area (TPSA) is 71.1 Å². The zero-order chi connectivity index (χ0) is 19.2. The number of aromatic nitrogens is 1. The lowest BCUT2D eigenvalue weighted by Crippen LogP contribution is -2.38. The van der Waals surface area contributed by atoms with Gasteiger partial charge in [-0.15, -0.1) is 11.3 Å². The third-order valence-electron chi connectivity index (χ3n) is 4.76. The molecule has 144 valence electrons. The van der Waals surface area contributed by atoms with Gasteiger partial charge in [-0.05, 0) is 31.9 Å². The Kier molecular flexibility index (Phi) is 6.85. The minimum atomic E-state index is -0.162. The SMILES string of the molecule is Cc1nc(-c2cccc(Cl)c2)sc1C(=O)NCCNC(=O)C1CCCCC1. The van der Waals surface area contributed by atoms with E-state index in [2.05, 4.69) is 15.6 Å². The van der Waals surface area contributed by atoms with Crippen molar-refractivity contribution >= 4 is 34.8 Å². The summed E-state index contributed by atoms with van der Waals surface area (Å²) in [4.78, 5) is 29.6. The molecule has 1 saturated carbocycles. The second-order valence-corrected chi connectivity index (χ2v) is 8.26. The van der Waals surface area contributed by atoms with Crippen molar-refractivity contribution in [2.45, 2.75) is 39.0 Å². The highest BCUT2D eigenvalue weighted by Crippen LogP contribution is 2.29. The highest BCUT2D eigenvalue weighted by atomic mass is 35.5. The Balaban J connectivity index is 1.50. The van der Waals surface area contributed by atoms with Gasteiger partial charge in [-0.3, -0.25) is 9.59 Å². The standard InChI is InChI=1S/C20H24ClN3O2S/c1-13-17(27-20(24-13)15-8-5-9-16(21)12-15)19(26)23-11-10-22-18(25)14-6-3-2-4-7-14/h5,8-9,12,14H,2-4,6-7,10-11H2,1H3,(H,22,25)(H,23,26). The average Bonchev–Trinajstić information content (AvgIpc) is 3.07. The highest BCUT2D eigenvalue weighted by molar-refractivity contribution is 7.17. The molecule has 1 aliphatic carbocycles. The van der Waals surface area contributed by atoms with Crippen LogP contribution in [-0.2, 0) is 4.79 Å². The predicted octanol–water partition coefficient (Wildman–Crippen LogP) is 4.20. The summed E-state index contributed by atoms with van der Waals surface area (Å²) in [5.41, 5.74) is 1.59. The van der Waals surface area contributed by atoms with E-state index >= 15 is 0 Å². The number of hydrogen-bond donors (Lipinski definition) is 2. The van der Waals surface area contributed by atoms with Gasteiger partial charge >= 0.3 is 0 Å². The lowest BCUT2D eigenvalue weighted by atomic mass is 9.89. The molecule has 1 heterocycles. The zero-order valence-electron chi connectivity index (χ0n) is 15.4. The smallest absolute Gasteiger partial charge is 0.263 e. The molecule has 0 unspecified atom stereocenters. The molecule has 0 saturated heterocycles. The molecule has 3 rings (SSSR count). The van der Waals surface area contributed by atoms with Crippen LogP contribution in [0.2, 0.25) is 5.02 Å². The molecule has 2 N–H and O–H groups in total. The summed E-state index contributed by atoms with van der Waals surface area (Å²) in [6, 6.07) is 7.43. The summed E-state index contributed by atoms with van der Waals surface area (Å²) in [6.45, 7) is 2.67. The Labute approximate surface area is 168 Å². The zero-order valence-corrected chi connectivity index (χ0v) is 17.0. The largest absolute Gasteiger partial charge is 0.354 e. The molecule has 27 heavy (non-hydrogen) atoms. The number of amides is 2. The molecule has 1 aromatic carbocycles. The summed E-state index contributed by atoms with van der Waals surface area (Å²) in [5.74, 6) is 0.0878. The lowest BCUT2D eigenvalue weighted by molar-refractivity contribution is -0.125. The van der Waals surface area contributed by atoms with Crippen molar-refractivity contribution in [3.63, 3.8) is 0 Å². The molecule has 1 fully saturated rings. The monoisotopic (exact) mass is 405 g/mol. The number of nitrogens with zero attached hydrogens (tertiary/aromatic N) is 1. The van der Waals surface area contributed by atoms with Crippen LogP contribution in [-0.4, -0.2) is 29.9 Å². The number of carbonyl (C=O) groups excluding carboxylic acids is 2. The van der Waals surface area contributed by atoms with Crippen LogP contribution in [0.1, 0.15) is 47.5 Å². The number of hydrogen-bond acceptors (Lipinski definition) is 4. The van der Waals surface area contributed by atoms with E-state index < -0.39 is 0 Å². The van der Waals surface area contributed by atoms with Gasteiger partial charge in [0.05, 0.1) is 5.69 Å². The van der Waals surface area contributed by atoms with Crippen LogP contribution in [0, 0.1) is 12.8 Å². The van der Waals surface area contributed by atoms with Gasteiger partial charge in [-0.25, -0.2) is 4.98 Å². The summed E-state index contributed by atoms with van der Waals surface area (Å²) >= 11 is 7.38. The van der Waals surface area contributed by atoms with Crippen LogP contribution in [0.4, 0.5) is 0 Å². The summed E-state index contributed by atoms with van der Waals surface area (Å²) in [6.07, 6.45) is 5.45. The van der Waals surface area contributed by atoms with E-state index in [0.717, 1.165) is 36.3 Å². The first-order valence-corrected chi connectivity index (χ1v) is 10.5. The van der Waals surface area contributed by atoms with Gasteiger partial charge in [-0.1, -0.05) is 43.0 Å². The van der Waals surface area contributed by atoms with Gasteiger partial charge in [0, 0.05) is 29.6 Å². The maximum absolute atomic E-state index is 12.4. The van der Waals surface area contributed by atoms with Crippen LogP contribution in [0.25, 0.3) is 10.6 Å². The van der Waals surface area contributed by atoms with E-state index in [9.17, 15) is 9.59 Å². The van der Waals surface area contributed by atoms with Crippen molar-refractivity contribution in [1.82, 2.24) is 15.6 Å². The van der Waals surface area contributed by atoms with Crippen molar-refractivity contribution in [2.24, 2.45) is 5.92 Å². The van der Waals surface area contributed by atoms with Crippen molar-refractivity contribution in [3.8, 4) is 10.6 Å². The van der Waals surface area contributed by atoms with Gasteiger partial charge in [-0.2, -0.15) is 0 Å². The molecular formula is C20H24ClN3O2S. The molecule has 0 aliphatic heterocycles. The van der Waals surface area contributed by atoms with E-state index in [1.165, 1.54) is 17.8 Å². The Bertz CT molecular complexity index is 815. The first-order chi connectivity index (χ1) is 13.0. The van der Waals surface area contributed by atoms with Crippen molar-refractivity contribution < 1.29 is 9.59 Å². The number of carbonyl (C=O) groups is 2. The number of aryl methyl sites for hydroxylation is 1. The maximum atomic E-state index is 12.4. The quantitative estimate of drug-likeness (QED) is 0.707. The average molecular weight is 406 g/mol. The van der Waals surface area contributed by atoms with Gasteiger partial charge in [0.25, 0.3) is 5.91 Å². The number of thiazole rings is 1. The number of halogens is 1. The molecule has 0 radical (unpaired) electrons. The fourth-order valence-electron chi connectivity index (χ4n) is 3.30. The minimum absolute atomic E-state index is 0.112. The molecule has 1 aliphatic rings. The molecule has 1 aromatic heterocycles. The second-order valence-electron chi connectivity index (χ2n) is 6.83.